The van der Waals surface area contributed by atoms with Crippen LogP contribution in [0.1, 0.15) is 17.5 Å². The van der Waals surface area contributed by atoms with E-state index in [0.717, 1.165) is 16.9 Å². The summed E-state index contributed by atoms with van der Waals surface area (Å²) in [6.45, 7) is 0. The molecule has 118 valence electrons. The molecule has 1 unspecified atom stereocenters. The molecule has 0 bridgehead atoms. The molecule has 1 aliphatic rings. The molecule has 1 heterocycles. The molecule has 0 aliphatic carbocycles. The molecule has 0 spiro atoms. The molecular formula is C18H18N2O2S. The molecule has 1 saturated heterocycles. The van der Waals surface area contributed by atoms with Crippen molar-refractivity contribution in [2.75, 3.05) is 11.5 Å². The standard InChI is InChI=1S/C18H18N2O2S/c21-17(18(22)11-12-23-13-18)20-19-16(14-7-3-1-4-8-14)15-9-5-2-6-10-15/h1-10,22H,11-13H2,(H,20,21). The summed E-state index contributed by atoms with van der Waals surface area (Å²) in [5.41, 5.74) is 3.73. The molecule has 3 rings (SSSR count). The van der Waals surface area contributed by atoms with Crippen LogP contribution in [0.2, 0.25) is 0 Å². The van der Waals surface area contributed by atoms with Crippen LogP contribution in [0.5, 0.6) is 0 Å². The zero-order chi connectivity index (χ0) is 16.1. The van der Waals surface area contributed by atoms with Gasteiger partial charge in [-0.3, -0.25) is 4.79 Å². The largest absolute Gasteiger partial charge is 0.379 e. The van der Waals surface area contributed by atoms with E-state index in [4.69, 9.17) is 0 Å². The van der Waals surface area contributed by atoms with Gasteiger partial charge in [0.15, 0.2) is 5.60 Å². The normalized spacial score (nSPS) is 20.0. The molecular weight excluding hydrogens is 308 g/mol. The number of nitrogens with zero attached hydrogens (tertiary/aromatic N) is 1. The van der Waals surface area contributed by atoms with Gasteiger partial charge in [-0.05, 0) is 12.2 Å². The molecule has 23 heavy (non-hydrogen) atoms. The average Bonchev–Trinajstić information content (AvgIpc) is 3.05. The number of nitrogens with one attached hydrogen (secondary N) is 1. The third-order valence-corrected chi connectivity index (χ3v) is 4.96. The van der Waals surface area contributed by atoms with E-state index in [2.05, 4.69) is 10.5 Å². The lowest BCUT2D eigenvalue weighted by atomic mass is 10.0. The number of hydrogen-bond donors (Lipinski definition) is 2. The van der Waals surface area contributed by atoms with E-state index in [1.165, 1.54) is 0 Å². The summed E-state index contributed by atoms with van der Waals surface area (Å²) >= 11 is 1.58. The van der Waals surface area contributed by atoms with Crippen molar-refractivity contribution >= 4 is 23.4 Å². The minimum absolute atomic E-state index is 0.417. The van der Waals surface area contributed by atoms with Crippen LogP contribution in [0.4, 0.5) is 0 Å². The lowest BCUT2D eigenvalue weighted by Gasteiger charge is -2.18. The highest BCUT2D eigenvalue weighted by Gasteiger charge is 2.39. The number of rotatable bonds is 4. The third-order valence-electron chi connectivity index (χ3n) is 3.79. The van der Waals surface area contributed by atoms with Crippen LogP contribution in [0.15, 0.2) is 65.8 Å². The smallest absolute Gasteiger partial charge is 0.272 e. The average molecular weight is 326 g/mol. The number of aliphatic hydroxyl groups is 1. The molecule has 1 atom stereocenters. The third kappa shape index (κ3) is 3.63. The van der Waals surface area contributed by atoms with Gasteiger partial charge in [0.2, 0.25) is 0 Å². The van der Waals surface area contributed by atoms with Crippen LogP contribution in [0.3, 0.4) is 0 Å². The Labute approximate surface area is 139 Å². The van der Waals surface area contributed by atoms with Crippen LogP contribution < -0.4 is 5.43 Å². The second kappa shape index (κ2) is 6.98. The maximum atomic E-state index is 12.3. The lowest BCUT2D eigenvalue weighted by molar-refractivity contribution is -0.137. The van der Waals surface area contributed by atoms with Crippen molar-refractivity contribution < 1.29 is 9.90 Å². The zero-order valence-electron chi connectivity index (χ0n) is 12.6. The summed E-state index contributed by atoms with van der Waals surface area (Å²) in [6.07, 6.45) is 0.463. The van der Waals surface area contributed by atoms with Crippen LogP contribution >= 0.6 is 11.8 Å². The van der Waals surface area contributed by atoms with Gasteiger partial charge in [0.05, 0.1) is 5.71 Å². The number of carbonyl (C=O) groups excluding carboxylic acids is 1. The summed E-state index contributed by atoms with van der Waals surface area (Å²) in [7, 11) is 0. The summed E-state index contributed by atoms with van der Waals surface area (Å²) in [6, 6.07) is 19.3. The highest BCUT2D eigenvalue weighted by molar-refractivity contribution is 7.99. The van der Waals surface area contributed by atoms with Crippen LogP contribution in [0.25, 0.3) is 0 Å². The molecule has 2 aromatic carbocycles. The summed E-state index contributed by atoms with van der Waals surface area (Å²) < 4.78 is 0. The first-order valence-corrected chi connectivity index (χ1v) is 8.64. The van der Waals surface area contributed by atoms with Crippen molar-refractivity contribution in [3.8, 4) is 0 Å². The Bertz CT molecular complexity index is 654. The molecule has 2 N–H and O–H groups in total. The molecule has 1 amide bonds. The van der Waals surface area contributed by atoms with Gasteiger partial charge in [0.1, 0.15) is 0 Å². The van der Waals surface area contributed by atoms with E-state index >= 15 is 0 Å². The van der Waals surface area contributed by atoms with Crippen LogP contribution in [0, 0.1) is 0 Å². The molecule has 1 fully saturated rings. The fraction of sp³-hybridized carbons (Fsp3) is 0.222. The van der Waals surface area contributed by atoms with Gasteiger partial charge in [-0.15, -0.1) is 0 Å². The first-order valence-electron chi connectivity index (χ1n) is 7.48. The van der Waals surface area contributed by atoms with E-state index in [1.807, 2.05) is 60.7 Å². The van der Waals surface area contributed by atoms with Gasteiger partial charge in [-0.2, -0.15) is 16.9 Å². The molecule has 2 aromatic rings. The molecule has 0 radical (unpaired) electrons. The topological polar surface area (TPSA) is 61.7 Å². The predicted molar refractivity (Wildman–Crippen MR) is 93.6 cm³/mol. The first-order chi connectivity index (χ1) is 11.2. The molecule has 0 aromatic heterocycles. The van der Waals surface area contributed by atoms with Gasteiger partial charge in [0.25, 0.3) is 5.91 Å². The molecule has 0 saturated carbocycles. The van der Waals surface area contributed by atoms with Gasteiger partial charge < -0.3 is 5.11 Å². The Balaban J connectivity index is 1.88. The number of thioether (sulfide) groups is 1. The van der Waals surface area contributed by atoms with Crippen molar-refractivity contribution in [2.24, 2.45) is 5.10 Å². The maximum Gasteiger partial charge on any atom is 0.272 e. The van der Waals surface area contributed by atoms with Gasteiger partial charge in [-0.1, -0.05) is 60.7 Å². The number of benzene rings is 2. The van der Waals surface area contributed by atoms with Crippen molar-refractivity contribution in [1.29, 1.82) is 0 Å². The van der Waals surface area contributed by atoms with E-state index in [0.29, 0.717) is 17.9 Å². The van der Waals surface area contributed by atoms with Crippen molar-refractivity contribution in [3.63, 3.8) is 0 Å². The molecule has 1 aliphatic heterocycles. The lowest BCUT2D eigenvalue weighted by Crippen LogP contribution is -2.45. The van der Waals surface area contributed by atoms with E-state index in [-0.39, 0.29) is 0 Å². The second-order valence-corrected chi connectivity index (χ2v) is 6.57. The Morgan fingerprint density at radius 2 is 1.61 bits per heavy atom. The Morgan fingerprint density at radius 1 is 1.04 bits per heavy atom. The minimum Gasteiger partial charge on any atom is -0.379 e. The second-order valence-electron chi connectivity index (χ2n) is 5.47. The van der Waals surface area contributed by atoms with Crippen LogP contribution in [-0.4, -0.2) is 33.8 Å². The fourth-order valence-corrected chi connectivity index (χ4v) is 3.67. The minimum atomic E-state index is -1.31. The predicted octanol–water partition coefficient (Wildman–Crippen LogP) is 2.42. The van der Waals surface area contributed by atoms with Crippen molar-refractivity contribution in [3.05, 3.63) is 71.8 Å². The number of amides is 1. The summed E-state index contributed by atoms with van der Waals surface area (Å²) in [5, 5.41) is 14.6. The highest BCUT2D eigenvalue weighted by Crippen LogP contribution is 2.27. The quantitative estimate of drug-likeness (QED) is 0.670. The van der Waals surface area contributed by atoms with E-state index < -0.39 is 11.5 Å². The van der Waals surface area contributed by atoms with Gasteiger partial charge in [-0.25, -0.2) is 5.43 Å². The van der Waals surface area contributed by atoms with Crippen molar-refractivity contribution in [2.45, 2.75) is 12.0 Å². The maximum absolute atomic E-state index is 12.3. The van der Waals surface area contributed by atoms with Crippen molar-refractivity contribution in [1.82, 2.24) is 5.43 Å². The highest BCUT2D eigenvalue weighted by atomic mass is 32.2. The van der Waals surface area contributed by atoms with Gasteiger partial charge >= 0.3 is 0 Å². The number of carbonyl (C=O) groups is 1. The SMILES string of the molecule is O=C(NN=C(c1ccccc1)c1ccccc1)C1(O)CCSC1. The summed E-state index contributed by atoms with van der Waals surface area (Å²) in [5.74, 6) is 0.768. The van der Waals surface area contributed by atoms with E-state index in [1.54, 1.807) is 11.8 Å². The Hall–Kier alpha value is -2.11. The summed E-state index contributed by atoms with van der Waals surface area (Å²) in [4.78, 5) is 12.3. The van der Waals surface area contributed by atoms with Gasteiger partial charge in [0, 0.05) is 16.9 Å². The fourth-order valence-electron chi connectivity index (χ4n) is 2.43. The van der Waals surface area contributed by atoms with Crippen LogP contribution in [-0.2, 0) is 4.79 Å². The monoisotopic (exact) mass is 326 g/mol. The van der Waals surface area contributed by atoms with E-state index in [9.17, 15) is 9.90 Å². The zero-order valence-corrected chi connectivity index (χ0v) is 13.4. The Kier molecular flexibility index (Phi) is 4.79. The number of hydrogen-bond acceptors (Lipinski definition) is 4. The number of hydrazone groups is 1. The Morgan fingerprint density at radius 3 is 2.09 bits per heavy atom. The molecule has 5 heteroatoms. The molecule has 4 nitrogen and oxygen atoms in total. The first kappa shape index (κ1) is 15.8.